The highest BCUT2D eigenvalue weighted by molar-refractivity contribution is 5.62. The van der Waals surface area contributed by atoms with Gasteiger partial charge in [-0.15, -0.1) is 0 Å². The van der Waals surface area contributed by atoms with E-state index in [0.29, 0.717) is 12.5 Å². The van der Waals surface area contributed by atoms with Crippen LogP contribution >= 0.6 is 0 Å². The van der Waals surface area contributed by atoms with Gasteiger partial charge in [0.2, 0.25) is 0 Å². The molecule has 3 rings (SSSR count). The van der Waals surface area contributed by atoms with Crippen molar-refractivity contribution < 1.29 is 15.1 Å². The van der Waals surface area contributed by atoms with E-state index in [0.717, 1.165) is 44.2 Å². The molecule has 2 N–H and O–H groups in total. The Labute approximate surface area is 163 Å². The summed E-state index contributed by atoms with van der Waals surface area (Å²) in [4.78, 5) is 7.47. The molecular weight excluding hydrogens is 340 g/mol. The lowest BCUT2D eigenvalue weighted by molar-refractivity contribution is -0.0959. The van der Waals surface area contributed by atoms with Gasteiger partial charge in [-0.05, 0) is 63.2 Å². The lowest BCUT2D eigenvalue weighted by atomic mass is 9.59. The highest BCUT2D eigenvalue weighted by Crippen LogP contribution is 2.60. The van der Waals surface area contributed by atoms with Gasteiger partial charge in [0.15, 0.2) is 0 Å². The van der Waals surface area contributed by atoms with Crippen LogP contribution in [0.5, 0.6) is 0 Å². The van der Waals surface area contributed by atoms with Crippen LogP contribution in [0.25, 0.3) is 0 Å². The van der Waals surface area contributed by atoms with Crippen molar-refractivity contribution in [3.05, 3.63) is 35.4 Å². The summed E-state index contributed by atoms with van der Waals surface area (Å²) in [5, 5.41) is 24.9. The summed E-state index contributed by atoms with van der Waals surface area (Å²) < 4.78 is 0. The molecule has 4 atom stereocenters. The first-order valence-corrected chi connectivity index (χ1v) is 10.1. The summed E-state index contributed by atoms with van der Waals surface area (Å²) in [5.74, 6) is 0.641. The van der Waals surface area contributed by atoms with Crippen LogP contribution in [0.2, 0.25) is 0 Å². The van der Waals surface area contributed by atoms with E-state index in [-0.39, 0.29) is 17.9 Å². The number of hydrogen-bond donors (Lipinski definition) is 2. The van der Waals surface area contributed by atoms with Crippen LogP contribution < -0.4 is 0 Å². The summed E-state index contributed by atoms with van der Waals surface area (Å²) in [6, 6.07) is 8.19. The number of aliphatic hydroxyl groups excluding tert-OH is 1. The number of benzene rings is 1. The number of aliphatic hydroxyl groups is 2. The molecule has 2 fully saturated rings. The molecule has 0 amide bonds. The molecular formula is C22H34N2O3. The Morgan fingerprint density at radius 2 is 1.96 bits per heavy atom. The molecule has 2 saturated carbocycles. The van der Waals surface area contributed by atoms with Crippen molar-refractivity contribution in [2.24, 2.45) is 16.5 Å². The average Bonchev–Trinajstić information content (AvgIpc) is 2.92. The Kier molecular flexibility index (Phi) is 6.24. The minimum atomic E-state index is -0.647. The summed E-state index contributed by atoms with van der Waals surface area (Å²) in [7, 11) is 4.03. The van der Waals surface area contributed by atoms with Crippen LogP contribution in [0.1, 0.15) is 56.1 Å². The van der Waals surface area contributed by atoms with Gasteiger partial charge in [-0.3, -0.25) is 0 Å². The van der Waals surface area contributed by atoms with Crippen LogP contribution in [-0.4, -0.2) is 54.2 Å². The van der Waals surface area contributed by atoms with E-state index in [2.05, 4.69) is 29.1 Å². The first kappa shape index (κ1) is 20.3. The van der Waals surface area contributed by atoms with Crippen LogP contribution in [0.3, 0.4) is 0 Å². The molecule has 0 heterocycles. The molecule has 0 radical (unpaired) electrons. The highest BCUT2D eigenvalue weighted by Gasteiger charge is 2.58. The average molecular weight is 375 g/mol. The molecule has 0 aliphatic heterocycles. The van der Waals surface area contributed by atoms with Gasteiger partial charge in [-0.2, -0.15) is 0 Å². The van der Waals surface area contributed by atoms with Gasteiger partial charge in [0, 0.05) is 24.1 Å². The predicted molar refractivity (Wildman–Crippen MR) is 108 cm³/mol. The number of oxime groups is 1. The Morgan fingerprint density at radius 3 is 2.63 bits per heavy atom. The summed E-state index contributed by atoms with van der Waals surface area (Å²) in [5.41, 5.74) is 1.42. The smallest absolute Gasteiger partial charge is 0.129 e. The molecule has 1 aromatic carbocycles. The summed E-state index contributed by atoms with van der Waals surface area (Å²) in [6.45, 7) is 3.73. The number of likely N-dealkylation sites (N-methyl/N-ethyl adjacent to an activating group) is 1. The standard InChI is InChI=1S/C22H34N2O3/c1-21-10-8-19(18-6-4-17(16-25)5-7-18)14-22(21,26)11-9-20(21)15-23-27-13-12-24(2)3/h4-7,15,19-20,25-26H,8-14,16H2,1-3H3/t19-,20+,21+,22-/m0/s1. The van der Waals surface area contributed by atoms with Gasteiger partial charge in [0.25, 0.3) is 0 Å². The van der Waals surface area contributed by atoms with E-state index in [1.807, 2.05) is 32.4 Å². The SMILES string of the molecule is CN(C)CCON=C[C@H]1CC[C@]2(O)C[C@@H](c3ccc(CO)cc3)CC[C@]12C. The number of hydrogen-bond acceptors (Lipinski definition) is 5. The fraction of sp³-hybridized carbons (Fsp3) is 0.682. The molecule has 1 aromatic rings. The van der Waals surface area contributed by atoms with E-state index in [9.17, 15) is 10.2 Å². The van der Waals surface area contributed by atoms with Crippen molar-refractivity contribution in [1.29, 1.82) is 0 Å². The second-order valence-corrected chi connectivity index (χ2v) is 8.82. The second kappa shape index (κ2) is 8.29. The predicted octanol–water partition coefficient (Wildman–Crippen LogP) is 3.16. The monoisotopic (exact) mass is 374 g/mol. The van der Waals surface area contributed by atoms with E-state index in [4.69, 9.17) is 4.84 Å². The molecule has 0 aromatic heterocycles. The molecule has 0 saturated heterocycles. The largest absolute Gasteiger partial charge is 0.395 e. The van der Waals surface area contributed by atoms with Gasteiger partial charge < -0.3 is 20.0 Å². The summed E-state index contributed by atoms with van der Waals surface area (Å²) in [6.07, 6.45) is 6.58. The zero-order valence-electron chi connectivity index (χ0n) is 16.9. The van der Waals surface area contributed by atoms with Crippen molar-refractivity contribution in [2.75, 3.05) is 27.2 Å². The minimum absolute atomic E-state index is 0.0740. The molecule has 27 heavy (non-hydrogen) atoms. The topological polar surface area (TPSA) is 65.3 Å². The first-order chi connectivity index (χ1) is 12.9. The minimum Gasteiger partial charge on any atom is -0.395 e. The normalized spacial score (nSPS) is 33.6. The van der Waals surface area contributed by atoms with Gasteiger partial charge in [0.1, 0.15) is 6.61 Å². The van der Waals surface area contributed by atoms with Gasteiger partial charge >= 0.3 is 0 Å². The molecule has 150 valence electrons. The first-order valence-electron chi connectivity index (χ1n) is 10.1. The van der Waals surface area contributed by atoms with E-state index < -0.39 is 5.60 Å². The maximum Gasteiger partial charge on any atom is 0.129 e. The Morgan fingerprint density at radius 1 is 1.22 bits per heavy atom. The van der Waals surface area contributed by atoms with Crippen molar-refractivity contribution in [3.63, 3.8) is 0 Å². The molecule has 0 unspecified atom stereocenters. The fourth-order valence-electron chi connectivity index (χ4n) is 4.89. The Balaban J connectivity index is 1.64. The van der Waals surface area contributed by atoms with Gasteiger partial charge in [-0.25, -0.2) is 0 Å². The van der Waals surface area contributed by atoms with Crippen molar-refractivity contribution in [1.82, 2.24) is 4.90 Å². The van der Waals surface area contributed by atoms with Gasteiger partial charge in [-0.1, -0.05) is 36.3 Å². The quantitative estimate of drug-likeness (QED) is 0.437. The van der Waals surface area contributed by atoms with Gasteiger partial charge in [0.05, 0.1) is 12.2 Å². The summed E-state index contributed by atoms with van der Waals surface area (Å²) >= 11 is 0. The van der Waals surface area contributed by atoms with Crippen molar-refractivity contribution in [3.8, 4) is 0 Å². The van der Waals surface area contributed by atoms with Crippen LogP contribution in [0.4, 0.5) is 0 Å². The second-order valence-electron chi connectivity index (χ2n) is 8.82. The molecule has 5 nitrogen and oxygen atoms in total. The third-order valence-electron chi connectivity index (χ3n) is 6.93. The molecule has 0 spiro atoms. The Hall–Kier alpha value is -1.43. The fourth-order valence-corrected chi connectivity index (χ4v) is 4.89. The maximum absolute atomic E-state index is 11.5. The van der Waals surface area contributed by atoms with Crippen molar-refractivity contribution >= 4 is 6.21 Å². The van der Waals surface area contributed by atoms with Crippen LogP contribution in [-0.2, 0) is 11.4 Å². The Bertz CT molecular complexity index is 645. The van der Waals surface area contributed by atoms with E-state index in [1.165, 1.54) is 5.56 Å². The molecule has 0 bridgehead atoms. The maximum atomic E-state index is 11.5. The van der Waals surface area contributed by atoms with Crippen molar-refractivity contribution in [2.45, 2.75) is 57.2 Å². The van der Waals surface area contributed by atoms with Crippen LogP contribution in [0.15, 0.2) is 29.4 Å². The van der Waals surface area contributed by atoms with E-state index in [1.54, 1.807) is 0 Å². The lowest BCUT2D eigenvalue weighted by Crippen LogP contribution is -2.49. The lowest BCUT2D eigenvalue weighted by Gasteiger charge is -2.48. The highest BCUT2D eigenvalue weighted by atomic mass is 16.6. The molecule has 2 aliphatic carbocycles. The number of nitrogens with zero attached hydrogens (tertiary/aromatic N) is 2. The number of rotatable bonds is 7. The zero-order chi connectivity index (χ0) is 19.5. The van der Waals surface area contributed by atoms with E-state index >= 15 is 0 Å². The number of fused-ring (bicyclic) bond motifs is 1. The third-order valence-corrected chi connectivity index (χ3v) is 6.93. The molecule has 2 aliphatic rings. The van der Waals surface area contributed by atoms with Crippen LogP contribution in [0, 0.1) is 11.3 Å². The zero-order valence-corrected chi connectivity index (χ0v) is 16.9. The third kappa shape index (κ3) is 4.20. The molecule has 5 heteroatoms.